The maximum absolute atomic E-state index is 4.97. The third-order valence-electron chi connectivity index (χ3n) is 2.35. The van der Waals surface area contributed by atoms with Crippen molar-refractivity contribution in [2.75, 3.05) is 30.9 Å². The van der Waals surface area contributed by atoms with E-state index in [1.165, 1.54) is 0 Å². The monoisotopic (exact) mass is 263 g/mol. The van der Waals surface area contributed by atoms with Gasteiger partial charge in [0, 0.05) is 32.5 Å². The van der Waals surface area contributed by atoms with Crippen LogP contribution >= 0.6 is 0 Å². The molecule has 19 heavy (non-hydrogen) atoms. The Morgan fingerprint density at radius 3 is 3.00 bits per heavy atom. The molecule has 0 aromatic carbocycles. The van der Waals surface area contributed by atoms with Gasteiger partial charge in [0.15, 0.2) is 5.82 Å². The Morgan fingerprint density at radius 1 is 1.37 bits per heavy atom. The lowest BCUT2D eigenvalue weighted by Crippen LogP contribution is -2.08. The highest BCUT2D eigenvalue weighted by Gasteiger charge is 2.03. The lowest BCUT2D eigenvalue weighted by atomic mass is 10.4. The van der Waals surface area contributed by atoms with Crippen LogP contribution in [0.2, 0.25) is 0 Å². The van der Waals surface area contributed by atoms with E-state index in [4.69, 9.17) is 9.26 Å². The van der Waals surface area contributed by atoms with Crippen LogP contribution in [-0.4, -0.2) is 35.4 Å². The molecule has 2 aromatic heterocycles. The SMILES string of the molecule is COCCCNc1nccc(Nc2cc(C)on2)n1. The minimum absolute atomic E-state index is 0.571. The van der Waals surface area contributed by atoms with E-state index in [2.05, 4.69) is 25.8 Å². The van der Waals surface area contributed by atoms with E-state index in [-0.39, 0.29) is 0 Å². The van der Waals surface area contributed by atoms with Crippen molar-refractivity contribution in [3.8, 4) is 0 Å². The van der Waals surface area contributed by atoms with Gasteiger partial charge in [-0.05, 0) is 19.4 Å². The van der Waals surface area contributed by atoms with Gasteiger partial charge in [0.05, 0.1) is 0 Å². The fourth-order valence-electron chi connectivity index (χ4n) is 1.49. The molecule has 0 unspecified atom stereocenters. The van der Waals surface area contributed by atoms with Crippen molar-refractivity contribution < 1.29 is 9.26 Å². The molecule has 0 saturated heterocycles. The maximum Gasteiger partial charge on any atom is 0.224 e. The summed E-state index contributed by atoms with van der Waals surface area (Å²) in [5.41, 5.74) is 0. The smallest absolute Gasteiger partial charge is 0.224 e. The van der Waals surface area contributed by atoms with Gasteiger partial charge in [0.1, 0.15) is 11.6 Å². The van der Waals surface area contributed by atoms with E-state index >= 15 is 0 Å². The summed E-state index contributed by atoms with van der Waals surface area (Å²) in [6.07, 6.45) is 2.58. The summed E-state index contributed by atoms with van der Waals surface area (Å²) in [5.74, 6) is 2.61. The Bertz CT molecular complexity index is 514. The summed E-state index contributed by atoms with van der Waals surface area (Å²) < 4.78 is 9.95. The van der Waals surface area contributed by atoms with Crippen LogP contribution in [0.15, 0.2) is 22.9 Å². The Balaban J connectivity index is 1.91. The molecule has 0 atom stereocenters. The average molecular weight is 263 g/mol. The molecule has 102 valence electrons. The molecule has 2 rings (SSSR count). The highest BCUT2D eigenvalue weighted by molar-refractivity contribution is 5.52. The highest BCUT2D eigenvalue weighted by atomic mass is 16.5. The molecule has 0 aliphatic heterocycles. The molecule has 0 aliphatic carbocycles. The maximum atomic E-state index is 4.97. The summed E-state index contributed by atoms with van der Waals surface area (Å²) in [6, 6.07) is 3.57. The Labute approximate surface area is 111 Å². The van der Waals surface area contributed by atoms with Gasteiger partial charge in [0.2, 0.25) is 5.95 Å². The summed E-state index contributed by atoms with van der Waals surface area (Å²) in [6.45, 7) is 3.31. The Hall–Kier alpha value is -2.15. The molecule has 0 radical (unpaired) electrons. The number of aryl methyl sites for hydroxylation is 1. The van der Waals surface area contributed by atoms with Gasteiger partial charge in [-0.1, -0.05) is 5.16 Å². The zero-order valence-corrected chi connectivity index (χ0v) is 11.0. The van der Waals surface area contributed by atoms with Crippen molar-refractivity contribution in [3.05, 3.63) is 24.1 Å². The fraction of sp³-hybridized carbons (Fsp3) is 0.417. The summed E-state index contributed by atoms with van der Waals surface area (Å²) >= 11 is 0. The first-order chi connectivity index (χ1) is 9.28. The molecule has 2 aromatic rings. The summed E-state index contributed by atoms with van der Waals surface area (Å²) in [5, 5.41) is 10.0. The predicted molar refractivity (Wildman–Crippen MR) is 71.5 cm³/mol. The van der Waals surface area contributed by atoms with Crippen LogP contribution in [-0.2, 0) is 4.74 Å². The molecule has 0 fully saturated rings. The second-order valence-electron chi connectivity index (χ2n) is 3.99. The van der Waals surface area contributed by atoms with E-state index in [9.17, 15) is 0 Å². The van der Waals surface area contributed by atoms with E-state index in [1.54, 1.807) is 25.4 Å². The number of hydrogen-bond acceptors (Lipinski definition) is 7. The van der Waals surface area contributed by atoms with Gasteiger partial charge in [-0.15, -0.1) is 0 Å². The van der Waals surface area contributed by atoms with Crippen LogP contribution in [0, 0.1) is 6.92 Å². The number of aromatic nitrogens is 3. The van der Waals surface area contributed by atoms with Crippen LogP contribution in [0.3, 0.4) is 0 Å². The standard InChI is InChI=1S/C12H17N5O2/c1-9-8-11(17-19-9)15-10-4-6-14-12(16-10)13-5-3-7-18-2/h4,6,8H,3,5,7H2,1-2H3,(H2,13,14,15,16,17). The van der Waals surface area contributed by atoms with Gasteiger partial charge in [-0.25, -0.2) is 4.98 Å². The van der Waals surface area contributed by atoms with Crippen molar-refractivity contribution in [1.29, 1.82) is 0 Å². The second kappa shape index (κ2) is 6.69. The minimum Gasteiger partial charge on any atom is -0.385 e. The lowest BCUT2D eigenvalue weighted by Gasteiger charge is -2.06. The molecule has 7 heteroatoms. The summed E-state index contributed by atoms with van der Waals surface area (Å²) in [4.78, 5) is 8.46. The molecular weight excluding hydrogens is 246 g/mol. The quantitative estimate of drug-likeness (QED) is 0.738. The van der Waals surface area contributed by atoms with Gasteiger partial charge < -0.3 is 19.9 Å². The van der Waals surface area contributed by atoms with E-state index < -0.39 is 0 Å². The normalized spacial score (nSPS) is 10.4. The number of anilines is 3. The lowest BCUT2D eigenvalue weighted by molar-refractivity contribution is 0.197. The number of ether oxygens (including phenoxy) is 1. The van der Waals surface area contributed by atoms with Crippen molar-refractivity contribution >= 4 is 17.6 Å². The van der Waals surface area contributed by atoms with Crippen molar-refractivity contribution in [3.63, 3.8) is 0 Å². The van der Waals surface area contributed by atoms with Crippen LogP contribution in [0.1, 0.15) is 12.2 Å². The van der Waals surface area contributed by atoms with Gasteiger partial charge >= 0.3 is 0 Å². The van der Waals surface area contributed by atoms with Crippen molar-refractivity contribution in [2.24, 2.45) is 0 Å². The molecule has 0 aliphatic rings. The fourth-order valence-corrected chi connectivity index (χ4v) is 1.49. The molecule has 0 saturated carbocycles. The van der Waals surface area contributed by atoms with Crippen LogP contribution in [0.4, 0.5) is 17.6 Å². The average Bonchev–Trinajstić information content (AvgIpc) is 2.81. The zero-order valence-electron chi connectivity index (χ0n) is 11.0. The van der Waals surface area contributed by atoms with E-state index in [1.807, 2.05) is 6.92 Å². The number of methoxy groups -OCH3 is 1. The molecule has 0 amide bonds. The topological polar surface area (TPSA) is 85.1 Å². The first-order valence-corrected chi connectivity index (χ1v) is 6.04. The van der Waals surface area contributed by atoms with Crippen molar-refractivity contribution in [2.45, 2.75) is 13.3 Å². The third-order valence-corrected chi connectivity index (χ3v) is 2.35. The molecule has 0 bridgehead atoms. The van der Waals surface area contributed by atoms with Gasteiger partial charge in [-0.2, -0.15) is 4.98 Å². The molecule has 0 spiro atoms. The Kier molecular flexibility index (Phi) is 4.68. The van der Waals surface area contributed by atoms with E-state index in [0.717, 1.165) is 18.7 Å². The zero-order chi connectivity index (χ0) is 13.5. The number of nitrogens with zero attached hydrogens (tertiary/aromatic N) is 3. The predicted octanol–water partition coefficient (Wildman–Crippen LogP) is 1.97. The van der Waals surface area contributed by atoms with E-state index in [0.29, 0.717) is 24.2 Å². The third kappa shape index (κ3) is 4.22. The minimum atomic E-state index is 0.571. The van der Waals surface area contributed by atoms with Crippen LogP contribution in [0.25, 0.3) is 0 Å². The first-order valence-electron chi connectivity index (χ1n) is 6.04. The van der Waals surface area contributed by atoms with Crippen LogP contribution < -0.4 is 10.6 Å². The van der Waals surface area contributed by atoms with Crippen molar-refractivity contribution in [1.82, 2.24) is 15.1 Å². The Morgan fingerprint density at radius 2 is 2.26 bits per heavy atom. The largest absolute Gasteiger partial charge is 0.385 e. The molecule has 2 N–H and O–H groups in total. The molecule has 2 heterocycles. The molecule has 7 nitrogen and oxygen atoms in total. The van der Waals surface area contributed by atoms with Gasteiger partial charge in [-0.3, -0.25) is 0 Å². The highest BCUT2D eigenvalue weighted by Crippen LogP contribution is 2.14. The molecular formula is C12H17N5O2. The second-order valence-corrected chi connectivity index (χ2v) is 3.99. The van der Waals surface area contributed by atoms with Gasteiger partial charge in [0.25, 0.3) is 0 Å². The number of hydrogen-bond donors (Lipinski definition) is 2. The number of nitrogens with one attached hydrogen (secondary N) is 2. The number of rotatable bonds is 7. The van der Waals surface area contributed by atoms with Crippen LogP contribution in [0.5, 0.6) is 0 Å². The summed E-state index contributed by atoms with van der Waals surface area (Å²) in [7, 11) is 1.68. The first kappa shape index (κ1) is 13.3.